The molecule has 1 aromatic rings. The fourth-order valence-corrected chi connectivity index (χ4v) is 5.10. The zero-order valence-electron chi connectivity index (χ0n) is 16.5. The summed E-state index contributed by atoms with van der Waals surface area (Å²) in [5.41, 5.74) is 1.04. The fraction of sp³-hybridized carbons (Fsp3) is 0.409. The van der Waals surface area contributed by atoms with Gasteiger partial charge in [-0.25, -0.2) is 0 Å². The van der Waals surface area contributed by atoms with E-state index >= 15 is 0 Å². The predicted molar refractivity (Wildman–Crippen MR) is 121 cm³/mol. The Bertz CT molecular complexity index is 821. The Kier molecular flexibility index (Phi) is 7.64. The van der Waals surface area contributed by atoms with Gasteiger partial charge < -0.3 is 10.0 Å². The third-order valence-electron chi connectivity index (χ3n) is 5.28. The molecule has 0 aliphatic carbocycles. The highest BCUT2D eigenvalue weighted by atomic mass is 32.2. The van der Waals surface area contributed by atoms with E-state index in [2.05, 4.69) is 0 Å². The molecule has 1 N–H and O–H groups in total. The van der Waals surface area contributed by atoms with Crippen LogP contribution in [0, 0.1) is 0 Å². The third kappa shape index (κ3) is 5.15. The molecule has 2 aliphatic rings. The van der Waals surface area contributed by atoms with E-state index in [1.807, 2.05) is 47.4 Å². The van der Waals surface area contributed by atoms with Gasteiger partial charge in [-0.05, 0) is 44.2 Å². The van der Waals surface area contributed by atoms with Crippen molar-refractivity contribution in [2.45, 2.75) is 44.7 Å². The highest BCUT2D eigenvalue weighted by Gasteiger charge is 2.40. The van der Waals surface area contributed by atoms with E-state index in [4.69, 9.17) is 12.2 Å². The lowest BCUT2D eigenvalue weighted by Crippen LogP contribution is -2.53. The van der Waals surface area contributed by atoms with Gasteiger partial charge in [0.1, 0.15) is 10.4 Å². The molecule has 154 valence electrons. The van der Waals surface area contributed by atoms with Gasteiger partial charge in [0.05, 0.1) is 4.91 Å². The average molecular weight is 431 g/mol. The normalized spacial score (nSPS) is 22.7. The first-order chi connectivity index (χ1) is 14.0. The number of thioether (sulfide) groups is 1. The zero-order valence-corrected chi connectivity index (χ0v) is 18.1. The smallest absolute Gasteiger partial charge is 0.266 e. The first-order valence-electron chi connectivity index (χ1n) is 9.93. The lowest BCUT2D eigenvalue weighted by atomic mass is 9.98. The van der Waals surface area contributed by atoms with Gasteiger partial charge in [0.25, 0.3) is 5.91 Å². The minimum atomic E-state index is -0.647. The number of thiocarbonyl (C=S) groups is 1. The first kappa shape index (κ1) is 21.7. The number of allylic oxidation sites excluding steroid dienone is 2. The topological polar surface area (TPSA) is 60.9 Å². The molecule has 2 fully saturated rings. The van der Waals surface area contributed by atoms with E-state index in [-0.39, 0.29) is 24.5 Å². The summed E-state index contributed by atoms with van der Waals surface area (Å²) in [6.07, 6.45) is 8.97. The SMILES string of the molecule is C[C@@H](C(=O)N1CCCC[C@@H]1CCO)N1C(=O)/C(=C/C=C/c2ccccc2)SC1=S. The Morgan fingerprint density at radius 3 is 2.83 bits per heavy atom. The molecule has 1 aromatic carbocycles. The van der Waals surface area contributed by atoms with Gasteiger partial charge in [0.2, 0.25) is 5.91 Å². The standard InChI is InChI=1S/C22H26N2O3S2/c1-16(20(26)23-14-6-5-11-18(23)13-15-25)24-21(27)19(29-22(24)28)12-7-10-17-8-3-2-4-9-17/h2-4,7-10,12,16,18,25H,5-6,11,13-15H2,1H3/b10-7+,19-12-/t16-,18+/m0/s1. The maximum absolute atomic E-state index is 13.1. The van der Waals surface area contributed by atoms with Gasteiger partial charge >= 0.3 is 0 Å². The quantitative estimate of drug-likeness (QED) is 0.552. The molecule has 0 saturated carbocycles. The number of aliphatic hydroxyl groups is 1. The summed E-state index contributed by atoms with van der Waals surface area (Å²) in [5, 5.41) is 9.31. The number of benzene rings is 1. The van der Waals surface area contributed by atoms with Gasteiger partial charge in [-0.3, -0.25) is 14.5 Å². The molecule has 29 heavy (non-hydrogen) atoms. The second kappa shape index (κ2) is 10.2. The van der Waals surface area contributed by atoms with Crippen molar-refractivity contribution < 1.29 is 14.7 Å². The van der Waals surface area contributed by atoms with Gasteiger partial charge in [0, 0.05) is 19.2 Å². The Balaban J connectivity index is 1.70. The third-order valence-corrected chi connectivity index (χ3v) is 6.63. The summed E-state index contributed by atoms with van der Waals surface area (Å²) >= 11 is 6.64. The number of carbonyl (C=O) groups is 2. The Hall–Kier alpha value is -1.96. The molecule has 0 radical (unpaired) electrons. The minimum absolute atomic E-state index is 0.0337. The zero-order chi connectivity index (χ0) is 20.8. The Morgan fingerprint density at radius 2 is 2.10 bits per heavy atom. The molecule has 2 saturated heterocycles. The second-order valence-electron chi connectivity index (χ2n) is 7.21. The molecule has 2 aliphatic heterocycles. The highest BCUT2D eigenvalue weighted by molar-refractivity contribution is 8.26. The van der Waals surface area contributed by atoms with E-state index in [0.717, 1.165) is 24.8 Å². The summed E-state index contributed by atoms with van der Waals surface area (Å²) in [6, 6.07) is 9.22. The van der Waals surface area contributed by atoms with Crippen LogP contribution in [-0.2, 0) is 9.59 Å². The summed E-state index contributed by atoms with van der Waals surface area (Å²) in [6.45, 7) is 2.46. The van der Waals surface area contributed by atoms with Crippen LogP contribution in [-0.4, -0.2) is 56.3 Å². The van der Waals surface area contributed by atoms with Gasteiger partial charge in [-0.1, -0.05) is 66.5 Å². The van der Waals surface area contributed by atoms with Crippen molar-refractivity contribution in [3.8, 4) is 0 Å². The van der Waals surface area contributed by atoms with Crippen molar-refractivity contribution in [1.29, 1.82) is 0 Å². The number of rotatable bonds is 6. The monoisotopic (exact) mass is 430 g/mol. The van der Waals surface area contributed by atoms with Crippen LogP contribution in [0.25, 0.3) is 6.08 Å². The van der Waals surface area contributed by atoms with Crippen LogP contribution in [0.4, 0.5) is 0 Å². The van der Waals surface area contributed by atoms with E-state index in [1.165, 1.54) is 16.7 Å². The maximum atomic E-state index is 13.1. The molecule has 7 heteroatoms. The van der Waals surface area contributed by atoms with E-state index in [9.17, 15) is 14.7 Å². The number of piperidine rings is 1. The summed E-state index contributed by atoms with van der Waals surface area (Å²) in [4.78, 5) is 29.8. The first-order valence-corrected chi connectivity index (χ1v) is 11.2. The average Bonchev–Trinajstić information content (AvgIpc) is 3.01. The van der Waals surface area contributed by atoms with Crippen LogP contribution in [0.2, 0.25) is 0 Å². The van der Waals surface area contributed by atoms with Crippen LogP contribution in [0.15, 0.2) is 47.4 Å². The molecule has 3 rings (SSSR count). The molecule has 2 atom stereocenters. The van der Waals surface area contributed by atoms with Crippen LogP contribution in [0.1, 0.15) is 38.2 Å². The predicted octanol–water partition coefficient (Wildman–Crippen LogP) is 3.60. The van der Waals surface area contributed by atoms with Gasteiger partial charge in [0.15, 0.2) is 0 Å². The summed E-state index contributed by atoms with van der Waals surface area (Å²) in [5.74, 6) is -0.324. The number of carbonyl (C=O) groups excluding carboxylic acids is 2. The van der Waals surface area contributed by atoms with Crippen molar-refractivity contribution >= 4 is 46.2 Å². The Labute approximate surface area is 181 Å². The van der Waals surface area contributed by atoms with Crippen LogP contribution in [0.5, 0.6) is 0 Å². The molecular formula is C22H26N2O3S2. The van der Waals surface area contributed by atoms with Crippen molar-refractivity contribution in [2.24, 2.45) is 0 Å². The van der Waals surface area contributed by atoms with Crippen molar-refractivity contribution in [3.63, 3.8) is 0 Å². The van der Waals surface area contributed by atoms with Gasteiger partial charge in [-0.2, -0.15) is 0 Å². The fourth-order valence-electron chi connectivity index (χ4n) is 3.73. The van der Waals surface area contributed by atoms with Crippen LogP contribution >= 0.6 is 24.0 Å². The maximum Gasteiger partial charge on any atom is 0.266 e. The lowest BCUT2D eigenvalue weighted by Gasteiger charge is -2.38. The highest BCUT2D eigenvalue weighted by Crippen LogP contribution is 2.33. The van der Waals surface area contributed by atoms with E-state index < -0.39 is 6.04 Å². The Morgan fingerprint density at radius 1 is 1.34 bits per heavy atom. The second-order valence-corrected chi connectivity index (χ2v) is 8.89. The number of amides is 2. The number of hydrogen-bond donors (Lipinski definition) is 1. The molecule has 0 spiro atoms. The van der Waals surface area contributed by atoms with E-state index in [0.29, 0.717) is 22.2 Å². The van der Waals surface area contributed by atoms with E-state index in [1.54, 1.807) is 13.0 Å². The number of likely N-dealkylation sites (tertiary alicyclic amines) is 1. The summed E-state index contributed by atoms with van der Waals surface area (Å²) in [7, 11) is 0. The molecule has 2 amide bonds. The molecule has 0 bridgehead atoms. The van der Waals surface area contributed by atoms with Crippen LogP contribution < -0.4 is 0 Å². The summed E-state index contributed by atoms with van der Waals surface area (Å²) < 4.78 is 0.408. The molecule has 5 nitrogen and oxygen atoms in total. The van der Waals surface area contributed by atoms with Crippen LogP contribution in [0.3, 0.4) is 0 Å². The van der Waals surface area contributed by atoms with Crippen molar-refractivity contribution in [2.75, 3.05) is 13.2 Å². The number of nitrogens with zero attached hydrogens (tertiary/aromatic N) is 2. The minimum Gasteiger partial charge on any atom is -0.396 e. The molecule has 0 unspecified atom stereocenters. The number of aliphatic hydroxyl groups excluding tert-OH is 1. The lowest BCUT2D eigenvalue weighted by molar-refractivity contribution is -0.142. The van der Waals surface area contributed by atoms with Gasteiger partial charge in [-0.15, -0.1) is 0 Å². The largest absolute Gasteiger partial charge is 0.396 e. The van der Waals surface area contributed by atoms with Crippen molar-refractivity contribution in [1.82, 2.24) is 9.80 Å². The molecule has 2 heterocycles. The van der Waals surface area contributed by atoms with Crippen molar-refractivity contribution in [3.05, 3.63) is 53.0 Å². The number of hydrogen-bond acceptors (Lipinski definition) is 5. The molecular weight excluding hydrogens is 404 g/mol. The molecule has 0 aromatic heterocycles.